The number of thioether (sulfide) groups is 1. The summed E-state index contributed by atoms with van der Waals surface area (Å²) in [5.74, 6) is -2.18. The molecule has 3 rings (SSSR count). The third-order valence-corrected chi connectivity index (χ3v) is 6.42. The zero-order valence-corrected chi connectivity index (χ0v) is 17.2. The predicted octanol–water partition coefficient (Wildman–Crippen LogP) is 7.03. The zero-order valence-electron chi connectivity index (χ0n) is 15.6. The van der Waals surface area contributed by atoms with Crippen LogP contribution in [0.15, 0.2) is 71.6 Å². The van der Waals surface area contributed by atoms with Crippen molar-refractivity contribution >= 4 is 29.3 Å². The predicted molar refractivity (Wildman–Crippen MR) is 113 cm³/mol. The van der Waals surface area contributed by atoms with E-state index in [0.717, 1.165) is 17.0 Å². The summed E-state index contributed by atoms with van der Waals surface area (Å²) in [7, 11) is 0. The van der Waals surface area contributed by atoms with Gasteiger partial charge >= 0.3 is 5.97 Å². The zero-order chi connectivity index (χ0) is 21.0. The van der Waals surface area contributed by atoms with Gasteiger partial charge in [-0.2, -0.15) is 0 Å². The second-order valence-corrected chi connectivity index (χ2v) is 8.45. The number of carboxylic acids is 1. The molecule has 150 valence electrons. The molecule has 0 aliphatic rings. The van der Waals surface area contributed by atoms with E-state index in [9.17, 15) is 18.7 Å². The first-order valence-electron chi connectivity index (χ1n) is 9.03. The summed E-state index contributed by atoms with van der Waals surface area (Å²) >= 11 is 7.36. The summed E-state index contributed by atoms with van der Waals surface area (Å²) in [5.41, 5.74) is 1.13. The molecule has 2 nitrogen and oxygen atoms in total. The highest BCUT2D eigenvalue weighted by Crippen LogP contribution is 2.43. The molecule has 0 heterocycles. The number of halogens is 3. The fraction of sp³-hybridized carbons (Fsp3) is 0.174. The van der Waals surface area contributed by atoms with Gasteiger partial charge in [-0.3, -0.25) is 0 Å². The van der Waals surface area contributed by atoms with Crippen LogP contribution in [0.1, 0.15) is 33.7 Å². The maximum Gasteiger partial charge on any atom is 0.335 e. The number of rotatable bonds is 7. The van der Waals surface area contributed by atoms with Crippen LogP contribution in [0.25, 0.3) is 0 Å². The van der Waals surface area contributed by atoms with Crippen LogP contribution in [0.3, 0.4) is 0 Å². The number of carboxylic acid groups (broad SMARTS) is 1. The van der Waals surface area contributed by atoms with Gasteiger partial charge in [-0.05, 0) is 66.4 Å². The molecule has 0 saturated carbocycles. The SMILES string of the molecule is CC(Cc1ccccc1C(=O)O)C(Sc1ccc(Cl)cc1)c1cc(F)ccc1F. The van der Waals surface area contributed by atoms with Crippen molar-refractivity contribution in [1.29, 1.82) is 0 Å². The first kappa shape index (κ1) is 21.3. The van der Waals surface area contributed by atoms with Gasteiger partial charge in [0.25, 0.3) is 0 Å². The van der Waals surface area contributed by atoms with E-state index in [1.807, 2.05) is 19.1 Å². The Morgan fingerprint density at radius 3 is 2.45 bits per heavy atom. The number of hydrogen-bond donors (Lipinski definition) is 1. The Bertz CT molecular complexity index is 1010. The Morgan fingerprint density at radius 2 is 1.76 bits per heavy atom. The Balaban J connectivity index is 1.97. The first-order chi connectivity index (χ1) is 13.8. The Labute approximate surface area is 177 Å². The van der Waals surface area contributed by atoms with E-state index < -0.39 is 22.9 Å². The van der Waals surface area contributed by atoms with Crippen LogP contribution in [-0.2, 0) is 6.42 Å². The van der Waals surface area contributed by atoms with E-state index in [1.165, 1.54) is 17.8 Å². The van der Waals surface area contributed by atoms with Crippen LogP contribution >= 0.6 is 23.4 Å². The van der Waals surface area contributed by atoms with Gasteiger partial charge in [0.05, 0.1) is 5.56 Å². The molecule has 2 unspecified atom stereocenters. The van der Waals surface area contributed by atoms with E-state index in [2.05, 4.69) is 0 Å². The quantitative estimate of drug-likeness (QED) is 0.407. The molecule has 3 aromatic rings. The molecule has 0 bridgehead atoms. The summed E-state index contributed by atoms with van der Waals surface area (Å²) < 4.78 is 28.5. The number of benzene rings is 3. The number of aromatic carboxylic acids is 1. The fourth-order valence-electron chi connectivity index (χ4n) is 3.24. The molecule has 29 heavy (non-hydrogen) atoms. The normalized spacial score (nSPS) is 13.1. The van der Waals surface area contributed by atoms with E-state index in [0.29, 0.717) is 17.0 Å². The second-order valence-electron chi connectivity index (χ2n) is 6.80. The van der Waals surface area contributed by atoms with Gasteiger partial charge in [0, 0.05) is 20.7 Å². The van der Waals surface area contributed by atoms with Crippen molar-refractivity contribution in [1.82, 2.24) is 0 Å². The lowest BCUT2D eigenvalue weighted by Crippen LogP contribution is -2.14. The average Bonchev–Trinajstić information content (AvgIpc) is 2.69. The highest BCUT2D eigenvalue weighted by Gasteiger charge is 2.26. The standard InChI is InChI=1S/C23H19ClF2O2S/c1-14(12-15-4-2-3-5-19(15)23(27)28)22(20-13-17(25)8-11-21(20)26)29-18-9-6-16(24)7-10-18/h2-11,13-14,22H,12H2,1H3,(H,27,28). The summed E-state index contributed by atoms with van der Waals surface area (Å²) in [4.78, 5) is 12.4. The van der Waals surface area contributed by atoms with E-state index in [4.69, 9.17) is 11.6 Å². The third kappa shape index (κ3) is 5.37. The molecular weight excluding hydrogens is 414 g/mol. The van der Waals surface area contributed by atoms with Crippen molar-refractivity contribution in [2.75, 3.05) is 0 Å². The molecule has 0 aliphatic heterocycles. The minimum atomic E-state index is -1.01. The van der Waals surface area contributed by atoms with Crippen LogP contribution in [-0.4, -0.2) is 11.1 Å². The van der Waals surface area contributed by atoms with Crippen LogP contribution in [0.2, 0.25) is 5.02 Å². The summed E-state index contributed by atoms with van der Waals surface area (Å²) in [6.45, 7) is 1.91. The minimum absolute atomic E-state index is 0.174. The van der Waals surface area contributed by atoms with Crippen molar-refractivity contribution in [2.24, 2.45) is 5.92 Å². The third-order valence-electron chi connectivity index (χ3n) is 4.65. The highest BCUT2D eigenvalue weighted by molar-refractivity contribution is 7.99. The van der Waals surface area contributed by atoms with Gasteiger partial charge in [0.1, 0.15) is 11.6 Å². The lowest BCUT2D eigenvalue weighted by Gasteiger charge is -2.25. The molecule has 0 spiro atoms. The van der Waals surface area contributed by atoms with Gasteiger partial charge < -0.3 is 5.11 Å². The fourth-order valence-corrected chi connectivity index (χ4v) is 4.59. The highest BCUT2D eigenvalue weighted by atomic mass is 35.5. The summed E-state index contributed by atoms with van der Waals surface area (Å²) in [5, 5.41) is 9.62. The molecule has 6 heteroatoms. The molecular formula is C23H19ClF2O2S. The summed E-state index contributed by atoms with van der Waals surface area (Å²) in [6, 6.07) is 17.3. The Morgan fingerprint density at radius 1 is 1.07 bits per heavy atom. The van der Waals surface area contributed by atoms with E-state index >= 15 is 0 Å². The molecule has 0 saturated heterocycles. The molecule has 1 N–H and O–H groups in total. The maximum atomic E-state index is 14.6. The smallest absolute Gasteiger partial charge is 0.335 e. The van der Waals surface area contributed by atoms with Gasteiger partial charge in [0.2, 0.25) is 0 Å². The molecule has 0 aromatic heterocycles. The van der Waals surface area contributed by atoms with Crippen molar-refractivity contribution < 1.29 is 18.7 Å². The monoisotopic (exact) mass is 432 g/mol. The van der Waals surface area contributed by atoms with Gasteiger partial charge in [0.15, 0.2) is 0 Å². The van der Waals surface area contributed by atoms with Crippen LogP contribution in [0, 0.1) is 17.6 Å². The minimum Gasteiger partial charge on any atom is -0.478 e. The van der Waals surface area contributed by atoms with Crippen LogP contribution in [0.5, 0.6) is 0 Å². The van der Waals surface area contributed by atoms with E-state index in [-0.39, 0.29) is 17.0 Å². The second kappa shape index (κ2) is 9.42. The van der Waals surface area contributed by atoms with Gasteiger partial charge in [-0.25, -0.2) is 13.6 Å². The van der Waals surface area contributed by atoms with Crippen molar-refractivity contribution in [3.8, 4) is 0 Å². The van der Waals surface area contributed by atoms with Crippen molar-refractivity contribution in [2.45, 2.75) is 23.5 Å². The number of hydrogen-bond acceptors (Lipinski definition) is 2. The van der Waals surface area contributed by atoms with E-state index in [1.54, 1.807) is 36.4 Å². The lowest BCUT2D eigenvalue weighted by molar-refractivity contribution is 0.0695. The molecule has 0 amide bonds. The molecule has 0 radical (unpaired) electrons. The summed E-state index contributed by atoms with van der Waals surface area (Å²) in [6.07, 6.45) is 0.406. The lowest BCUT2D eigenvalue weighted by atomic mass is 9.91. The average molecular weight is 433 g/mol. The Hall–Kier alpha value is -2.37. The molecule has 0 aliphatic carbocycles. The van der Waals surface area contributed by atoms with Crippen molar-refractivity contribution in [3.05, 3.63) is 100 Å². The molecule has 3 aromatic carbocycles. The number of carbonyl (C=O) groups is 1. The topological polar surface area (TPSA) is 37.3 Å². The van der Waals surface area contributed by atoms with Crippen LogP contribution < -0.4 is 0 Å². The van der Waals surface area contributed by atoms with Gasteiger partial charge in [-0.1, -0.05) is 36.7 Å². The van der Waals surface area contributed by atoms with Gasteiger partial charge in [-0.15, -0.1) is 11.8 Å². The Kier molecular flexibility index (Phi) is 6.93. The first-order valence-corrected chi connectivity index (χ1v) is 10.3. The largest absolute Gasteiger partial charge is 0.478 e. The maximum absolute atomic E-state index is 14.6. The molecule has 0 fully saturated rings. The van der Waals surface area contributed by atoms with Crippen molar-refractivity contribution in [3.63, 3.8) is 0 Å². The molecule has 2 atom stereocenters. The van der Waals surface area contributed by atoms with Crippen LogP contribution in [0.4, 0.5) is 8.78 Å².